The topological polar surface area (TPSA) is 20.2 Å². The van der Waals surface area contributed by atoms with Gasteiger partial charge in [-0.25, -0.2) is 4.39 Å². The van der Waals surface area contributed by atoms with Crippen LogP contribution in [0.25, 0.3) is 0 Å². The van der Waals surface area contributed by atoms with Crippen molar-refractivity contribution >= 4 is 0 Å². The third-order valence-electron chi connectivity index (χ3n) is 9.27. The fourth-order valence-electron chi connectivity index (χ4n) is 8.03. The number of allylic oxidation sites excluding steroid dienone is 2. The van der Waals surface area contributed by atoms with E-state index in [1.807, 2.05) is 6.08 Å². The number of hydrogen-bond acceptors (Lipinski definition) is 1. The Morgan fingerprint density at radius 3 is 2.58 bits per heavy atom. The molecule has 2 heteroatoms. The fourth-order valence-corrected chi connectivity index (χ4v) is 8.03. The second kappa shape index (κ2) is 5.83. The molecule has 0 aromatic carbocycles. The maximum atomic E-state index is 14.5. The number of rotatable bonds is 2. The van der Waals surface area contributed by atoms with E-state index in [4.69, 9.17) is 0 Å². The average molecular weight is 335 g/mol. The smallest absolute Gasteiger partial charge is 0.0996 e. The molecule has 0 aromatic heterocycles. The Hall–Kier alpha value is -0.370. The average Bonchev–Trinajstić information content (AvgIpc) is 2.91. The maximum absolute atomic E-state index is 14.5. The zero-order valence-electron chi connectivity index (χ0n) is 15.7. The first-order valence-corrected chi connectivity index (χ1v) is 10.4. The van der Waals surface area contributed by atoms with Crippen LogP contribution in [0.5, 0.6) is 0 Å². The molecule has 4 rings (SSSR count). The Kier molecular flexibility index (Phi) is 4.14. The monoisotopic (exact) mass is 334 g/mol. The summed E-state index contributed by atoms with van der Waals surface area (Å²) in [6.45, 7) is 7.50. The number of aliphatic hydroxyl groups excluding tert-OH is 1. The number of halogens is 1. The van der Waals surface area contributed by atoms with Crippen molar-refractivity contribution in [3.8, 4) is 0 Å². The van der Waals surface area contributed by atoms with Crippen LogP contribution < -0.4 is 0 Å². The molecule has 4 aliphatic carbocycles. The summed E-state index contributed by atoms with van der Waals surface area (Å²) >= 11 is 0. The van der Waals surface area contributed by atoms with Crippen LogP contribution in [-0.2, 0) is 0 Å². The number of hydrogen-bond donors (Lipinski definition) is 1. The Morgan fingerprint density at radius 2 is 1.83 bits per heavy atom. The molecule has 136 valence electrons. The zero-order chi connectivity index (χ0) is 17.1. The van der Waals surface area contributed by atoms with Crippen molar-refractivity contribution in [2.45, 2.75) is 72.1 Å². The van der Waals surface area contributed by atoms with Crippen LogP contribution >= 0.6 is 0 Å². The van der Waals surface area contributed by atoms with Gasteiger partial charge in [-0.05, 0) is 91.8 Å². The van der Waals surface area contributed by atoms with Gasteiger partial charge in [0.1, 0.15) is 0 Å². The molecule has 0 radical (unpaired) electrons. The molecule has 0 amide bonds. The molecule has 1 N–H and O–H groups in total. The first-order valence-electron chi connectivity index (χ1n) is 10.4. The minimum absolute atomic E-state index is 0.198. The fraction of sp³-hybridized carbons (Fsp3) is 0.909. The van der Waals surface area contributed by atoms with Gasteiger partial charge in [0.2, 0.25) is 0 Å². The van der Waals surface area contributed by atoms with E-state index in [9.17, 15) is 9.50 Å². The highest BCUT2D eigenvalue weighted by atomic mass is 19.1. The molecular weight excluding hydrogens is 299 g/mol. The van der Waals surface area contributed by atoms with Crippen LogP contribution in [0, 0.1) is 46.3 Å². The van der Waals surface area contributed by atoms with Crippen LogP contribution in [0.4, 0.5) is 4.39 Å². The maximum Gasteiger partial charge on any atom is 0.0996 e. The molecule has 0 heterocycles. The first-order chi connectivity index (χ1) is 11.4. The van der Waals surface area contributed by atoms with Gasteiger partial charge < -0.3 is 5.11 Å². The SMILES string of the molecule is C[C@H](CO)[C@H]1CC[C@H]2[C@@H]3CC[C@H]4C(F)=CCC[C@]4(C)[C@H]3CC[C@]12C. The van der Waals surface area contributed by atoms with Gasteiger partial charge in [-0.2, -0.15) is 0 Å². The third-order valence-corrected chi connectivity index (χ3v) is 9.27. The van der Waals surface area contributed by atoms with Gasteiger partial charge in [-0.1, -0.05) is 26.8 Å². The van der Waals surface area contributed by atoms with E-state index in [-0.39, 0.29) is 17.2 Å². The van der Waals surface area contributed by atoms with E-state index in [1.165, 1.54) is 38.5 Å². The Morgan fingerprint density at radius 1 is 1.08 bits per heavy atom. The molecule has 0 saturated heterocycles. The van der Waals surface area contributed by atoms with Crippen molar-refractivity contribution in [2.24, 2.45) is 46.3 Å². The summed E-state index contributed by atoms with van der Waals surface area (Å²) in [4.78, 5) is 0. The van der Waals surface area contributed by atoms with E-state index in [0.717, 1.165) is 30.6 Å². The van der Waals surface area contributed by atoms with Crippen LogP contribution in [0.2, 0.25) is 0 Å². The van der Waals surface area contributed by atoms with Gasteiger partial charge in [-0.3, -0.25) is 0 Å². The van der Waals surface area contributed by atoms with Crippen molar-refractivity contribution in [3.63, 3.8) is 0 Å². The third kappa shape index (κ3) is 2.20. The summed E-state index contributed by atoms with van der Waals surface area (Å²) in [6.07, 6.45) is 11.5. The second-order valence-electron chi connectivity index (χ2n) is 10.0. The summed E-state index contributed by atoms with van der Waals surface area (Å²) in [7, 11) is 0. The lowest BCUT2D eigenvalue weighted by Gasteiger charge is -2.60. The van der Waals surface area contributed by atoms with Gasteiger partial charge in [0, 0.05) is 12.5 Å². The molecule has 1 nitrogen and oxygen atoms in total. The molecule has 0 aliphatic heterocycles. The number of aliphatic hydroxyl groups is 1. The van der Waals surface area contributed by atoms with E-state index in [1.54, 1.807) is 0 Å². The quantitative estimate of drug-likeness (QED) is 0.683. The van der Waals surface area contributed by atoms with E-state index in [0.29, 0.717) is 23.9 Å². The van der Waals surface area contributed by atoms with Crippen LogP contribution in [0.15, 0.2) is 11.9 Å². The molecular formula is C22H35FO. The Balaban J connectivity index is 1.62. The van der Waals surface area contributed by atoms with Gasteiger partial charge in [0.05, 0.1) is 5.83 Å². The summed E-state index contributed by atoms with van der Waals surface area (Å²) in [6, 6.07) is 0. The molecule has 8 atom stereocenters. The highest BCUT2D eigenvalue weighted by Gasteiger charge is 2.60. The van der Waals surface area contributed by atoms with Gasteiger partial charge in [0.25, 0.3) is 0 Å². The van der Waals surface area contributed by atoms with Crippen LogP contribution in [0.1, 0.15) is 72.1 Å². The summed E-state index contributed by atoms with van der Waals surface area (Å²) in [5.41, 5.74) is 0.610. The van der Waals surface area contributed by atoms with Gasteiger partial charge >= 0.3 is 0 Å². The second-order valence-corrected chi connectivity index (χ2v) is 10.0. The summed E-state index contributed by atoms with van der Waals surface area (Å²) in [5.74, 6) is 3.84. The Bertz CT molecular complexity index is 528. The predicted octanol–water partition coefficient (Wildman–Crippen LogP) is 5.74. The Labute approximate surface area is 147 Å². The highest BCUT2D eigenvalue weighted by Crippen LogP contribution is 2.68. The molecule has 0 spiro atoms. The minimum Gasteiger partial charge on any atom is -0.396 e. The summed E-state index contributed by atoms with van der Waals surface area (Å²) in [5, 5.41) is 9.71. The molecule has 0 unspecified atom stereocenters. The van der Waals surface area contributed by atoms with Crippen LogP contribution in [-0.4, -0.2) is 11.7 Å². The van der Waals surface area contributed by atoms with Crippen molar-refractivity contribution in [1.29, 1.82) is 0 Å². The normalized spacial score (nSPS) is 52.0. The summed E-state index contributed by atoms with van der Waals surface area (Å²) < 4.78 is 14.5. The van der Waals surface area contributed by atoms with Gasteiger partial charge in [0.15, 0.2) is 0 Å². The van der Waals surface area contributed by atoms with Crippen LogP contribution in [0.3, 0.4) is 0 Å². The van der Waals surface area contributed by atoms with Crippen molar-refractivity contribution in [3.05, 3.63) is 11.9 Å². The highest BCUT2D eigenvalue weighted by molar-refractivity contribution is 5.16. The number of fused-ring (bicyclic) bond motifs is 5. The largest absolute Gasteiger partial charge is 0.396 e. The predicted molar refractivity (Wildman–Crippen MR) is 96.0 cm³/mol. The molecule has 0 aromatic rings. The minimum atomic E-state index is 0.198. The van der Waals surface area contributed by atoms with Crippen molar-refractivity contribution in [2.75, 3.05) is 6.61 Å². The van der Waals surface area contributed by atoms with Crippen molar-refractivity contribution in [1.82, 2.24) is 0 Å². The first kappa shape index (κ1) is 17.1. The molecule has 3 fully saturated rings. The molecule has 4 aliphatic rings. The van der Waals surface area contributed by atoms with E-state index >= 15 is 0 Å². The lowest BCUT2D eigenvalue weighted by atomic mass is 9.45. The lowest BCUT2D eigenvalue weighted by molar-refractivity contribution is -0.103. The molecule has 24 heavy (non-hydrogen) atoms. The van der Waals surface area contributed by atoms with Gasteiger partial charge in [-0.15, -0.1) is 0 Å². The zero-order valence-corrected chi connectivity index (χ0v) is 15.7. The molecule has 0 bridgehead atoms. The standard InChI is InChI=1S/C22H35FO/c1-14(13-24)16-8-9-17-15-6-7-19-20(23)5-4-11-21(19,2)18(15)10-12-22(16,17)3/h5,14-19,24H,4,6-13H2,1-3H3/t14-,15+,16-,17+,18+,19+,21-,22-/m1/s1. The van der Waals surface area contributed by atoms with E-state index in [2.05, 4.69) is 20.8 Å². The molecule has 3 saturated carbocycles. The van der Waals surface area contributed by atoms with Crippen molar-refractivity contribution < 1.29 is 9.50 Å². The van der Waals surface area contributed by atoms with E-state index < -0.39 is 0 Å². The lowest BCUT2D eigenvalue weighted by Crippen LogP contribution is -2.53.